The topological polar surface area (TPSA) is 35.5 Å². The van der Waals surface area contributed by atoms with Gasteiger partial charge in [0.2, 0.25) is 0 Å². The molecular formula is C16H34N2O. The Morgan fingerprint density at radius 2 is 1.84 bits per heavy atom. The fourth-order valence-electron chi connectivity index (χ4n) is 3.45. The first-order valence-electron chi connectivity index (χ1n) is 8.02. The van der Waals surface area contributed by atoms with Gasteiger partial charge >= 0.3 is 0 Å². The van der Waals surface area contributed by atoms with E-state index in [-0.39, 0.29) is 12.1 Å². The van der Waals surface area contributed by atoms with E-state index in [0.29, 0.717) is 12.1 Å². The van der Waals surface area contributed by atoms with E-state index in [4.69, 9.17) is 0 Å². The fourth-order valence-corrected chi connectivity index (χ4v) is 3.45. The molecule has 1 rings (SSSR count). The summed E-state index contributed by atoms with van der Waals surface area (Å²) < 4.78 is 0. The minimum atomic E-state index is -0.158. The van der Waals surface area contributed by atoms with Crippen molar-refractivity contribution in [2.75, 3.05) is 19.7 Å². The number of likely N-dealkylation sites (tertiary alicyclic amines) is 1. The van der Waals surface area contributed by atoms with Crippen molar-refractivity contribution < 1.29 is 5.11 Å². The van der Waals surface area contributed by atoms with Crippen LogP contribution in [0.3, 0.4) is 0 Å². The van der Waals surface area contributed by atoms with Gasteiger partial charge < -0.3 is 15.3 Å². The second-order valence-corrected chi connectivity index (χ2v) is 6.96. The number of hydrogen-bond acceptors (Lipinski definition) is 3. The zero-order valence-corrected chi connectivity index (χ0v) is 13.6. The van der Waals surface area contributed by atoms with Crippen molar-refractivity contribution in [2.24, 2.45) is 5.92 Å². The molecule has 0 aromatic heterocycles. The predicted molar refractivity (Wildman–Crippen MR) is 82.4 cm³/mol. The number of hydrogen-bond donors (Lipinski definition) is 2. The number of nitrogens with one attached hydrogen (secondary N) is 1. The summed E-state index contributed by atoms with van der Waals surface area (Å²) in [5.41, 5.74) is -0.158. The highest BCUT2D eigenvalue weighted by Crippen LogP contribution is 2.24. The van der Waals surface area contributed by atoms with Gasteiger partial charge in [-0.25, -0.2) is 0 Å². The van der Waals surface area contributed by atoms with Crippen LogP contribution in [-0.4, -0.2) is 47.3 Å². The first-order chi connectivity index (χ1) is 8.90. The lowest BCUT2D eigenvalue weighted by atomic mass is 9.89. The Labute approximate surface area is 119 Å². The normalized spacial score (nSPS) is 23.5. The smallest absolute Gasteiger partial charge is 0.0611 e. The molecule has 1 saturated heterocycles. The average Bonchev–Trinajstić information content (AvgIpc) is 2.37. The van der Waals surface area contributed by atoms with E-state index in [1.165, 1.54) is 32.4 Å². The van der Waals surface area contributed by atoms with E-state index in [2.05, 4.69) is 44.8 Å². The van der Waals surface area contributed by atoms with Gasteiger partial charge in [-0.3, -0.25) is 0 Å². The number of aliphatic hydroxyl groups is 1. The molecule has 0 bridgehead atoms. The number of rotatable bonds is 7. The molecular weight excluding hydrogens is 236 g/mol. The third-order valence-corrected chi connectivity index (χ3v) is 4.58. The second-order valence-electron chi connectivity index (χ2n) is 6.96. The van der Waals surface area contributed by atoms with Crippen LogP contribution in [0.2, 0.25) is 0 Å². The Hall–Kier alpha value is -0.120. The van der Waals surface area contributed by atoms with Gasteiger partial charge in [-0.2, -0.15) is 0 Å². The van der Waals surface area contributed by atoms with Gasteiger partial charge in [0.15, 0.2) is 0 Å². The molecule has 114 valence electrons. The van der Waals surface area contributed by atoms with E-state index in [0.717, 1.165) is 12.3 Å². The number of aliphatic hydroxyl groups excluding tert-OH is 1. The van der Waals surface area contributed by atoms with E-state index in [1.54, 1.807) is 0 Å². The van der Waals surface area contributed by atoms with Crippen LogP contribution in [0, 0.1) is 5.92 Å². The summed E-state index contributed by atoms with van der Waals surface area (Å²) in [5.74, 6) is 0.932. The molecule has 3 heteroatoms. The molecule has 0 aromatic carbocycles. The molecule has 0 aliphatic carbocycles. The molecule has 0 spiro atoms. The fraction of sp³-hybridized carbons (Fsp3) is 1.00. The summed E-state index contributed by atoms with van der Waals surface area (Å²) in [7, 11) is 0. The molecule has 3 nitrogen and oxygen atoms in total. The SMILES string of the molecule is CCC1CCN(C(C)CC(C)(CO)NC(C)C)CC1. The zero-order chi connectivity index (χ0) is 14.5. The van der Waals surface area contributed by atoms with E-state index in [9.17, 15) is 5.11 Å². The zero-order valence-electron chi connectivity index (χ0n) is 13.6. The number of piperidine rings is 1. The highest BCUT2D eigenvalue weighted by molar-refractivity contribution is 4.89. The molecule has 1 aliphatic rings. The van der Waals surface area contributed by atoms with Gasteiger partial charge in [0.05, 0.1) is 6.61 Å². The number of nitrogens with zero attached hydrogens (tertiary/aromatic N) is 1. The van der Waals surface area contributed by atoms with Gasteiger partial charge in [0.1, 0.15) is 0 Å². The summed E-state index contributed by atoms with van der Waals surface area (Å²) in [6, 6.07) is 0.955. The summed E-state index contributed by atoms with van der Waals surface area (Å²) in [6.45, 7) is 13.7. The van der Waals surface area contributed by atoms with Crippen molar-refractivity contribution >= 4 is 0 Å². The summed E-state index contributed by atoms with van der Waals surface area (Å²) in [5, 5.41) is 13.2. The first kappa shape index (κ1) is 16.9. The van der Waals surface area contributed by atoms with Crippen LogP contribution in [0.1, 0.15) is 60.3 Å². The quantitative estimate of drug-likeness (QED) is 0.746. The van der Waals surface area contributed by atoms with Crippen molar-refractivity contribution in [3.05, 3.63) is 0 Å². The van der Waals surface area contributed by atoms with Gasteiger partial charge in [-0.05, 0) is 52.1 Å². The van der Waals surface area contributed by atoms with Crippen molar-refractivity contribution in [2.45, 2.75) is 77.9 Å². The van der Waals surface area contributed by atoms with Crippen LogP contribution in [0.15, 0.2) is 0 Å². The maximum absolute atomic E-state index is 9.68. The lowest BCUT2D eigenvalue weighted by Gasteiger charge is -2.40. The van der Waals surface area contributed by atoms with Crippen LogP contribution in [-0.2, 0) is 0 Å². The molecule has 0 saturated carbocycles. The Balaban J connectivity index is 2.46. The Bertz CT molecular complexity index is 249. The Morgan fingerprint density at radius 1 is 1.26 bits per heavy atom. The van der Waals surface area contributed by atoms with Crippen LogP contribution in [0.4, 0.5) is 0 Å². The molecule has 2 N–H and O–H groups in total. The van der Waals surface area contributed by atoms with E-state index >= 15 is 0 Å². The van der Waals surface area contributed by atoms with E-state index < -0.39 is 0 Å². The molecule has 0 radical (unpaired) electrons. The molecule has 0 amide bonds. The molecule has 0 aromatic rings. The monoisotopic (exact) mass is 270 g/mol. The molecule has 2 atom stereocenters. The van der Waals surface area contributed by atoms with Crippen molar-refractivity contribution in [3.63, 3.8) is 0 Å². The van der Waals surface area contributed by atoms with Crippen LogP contribution < -0.4 is 5.32 Å². The highest BCUT2D eigenvalue weighted by Gasteiger charge is 2.30. The molecule has 1 fully saturated rings. The van der Waals surface area contributed by atoms with Crippen LogP contribution >= 0.6 is 0 Å². The maximum Gasteiger partial charge on any atom is 0.0611 e. The average molecular weight is 270 g/mol. The van der Waals surface area contributed by atoms with Gasteiger partial charge in [0, 0.05) is 17.6 Å². The Morgan fingerprint density at radius 3 is 2.26 bits per heavy atom. The lowest BCUT2D eigenvalue weighted by Crippen LogP contribution is -2.53. The minimum absolute atomic E-state index is 0.158. The molecule has 2 unspecified atom stereocenters. The van der Waals surface area contributed by atoms with Crippen LogP contribution in [0.25, 0.3) is 0 Å². The first-order valence-corrected chi connectivity index (χ1v) is 8.02. The Kier molecular flexibility index (Phi) is 6.78. The highest BCUT2D eigenvalue weighted by atomic mass is 16.3. The van der Waals surface area contributed by atoms with Gasteiger partial charge in [-0.1, -0.05) is 27.2 Å². The summed E-state index contributed by atoms with van der Waals surface area (Å²) in [6.07, 6.45) is 5.02. The molecule has 19 heavy (non-hydrogen) atoms. The third-order valence-electron chi connectivity index (χ3n) is 4.58. The van der Waals surface area contributed by atoms with Crippen molar-refractivity contribution in [1.29, 1.82) is 0 Å². The standard InChI is InChI=1S/C16H34N2O/c1-6-15-7-9-18(10-8-15)14(4)11-16(5,12-19)17-13(2)3/h13-15,17,19H,6-12H2,1-5H3. The van der Waals surface area contributed by atoms with Crippen molar-refractivity contribution in [3.8, 4) is 0 Å². The van der Waals surface area contributed by atoms with Gasteiger partial charge in [-0.15, -0.1) is 0 Å². The van der Waals surface area contributed by atoms with Gasteiger partial charge in [0.25, 0.3) is 0 Å². The second kappa shape index (κ2) is 7.61. The molecule has 1 aliphatic heterocycles. The lowest BCUT2D eigenvalue weighted by molar-refractivity contribution is 0.0857. The largest absolute Gasteiger partial charge is 0.394 e. The summed E-state index contributed by atoms with van der Waals surface area (Å²) >= 11 is 0. The molecule has 1 heterocycles. The van der Waals surface area contributed by atoms with Crippen LogP contribution in [0.5, 0.6) is 0 Å². The maximum atomic E-state index is 9.68. The van der Waals surface area contributed by atoms with E-state index in [1.807, 2.05) is 0 Å². The summed E-state index contributed by atoms with van der Waals surface area (Å²) in [4.78, 5) is 2.60. The minimum Gasteiger partial charge on any atom is -0.394 e. The predicted octanol–water partition coefficient (Wildman–Crippen LogP) is 2.64. The van der Waals surface area contributed by atoms with Crippen molar-refractivity contribution in [1.82, 2.24) is 10.2 Å². The third kappa shape index (κ3) is 5.41.